The summed E-state index contributed by atoms with van der Waals surface area (Å²) in [6.45, 7) is 8.71. The number of hydrogen-bond acceptors (Lipinski definition) is 1. The van der Waals surface area contributed by atoms with Crippen molar-refractivity contribution in [1.82, 2.24) is 0 Å². The van der Waals surface area contributed by atoms with E-state index in [2.05, 4.69) is 20.4 Å². The molecule has 0 aromatic rings. The van der Waals surface area contributed by atoms with E-state index in [0.29, 0.717) is 5.92 Å². The molecule has 1 fully saturated rings. The highest BCUT2D eigenvalue weighted by Crippen LogP contribution is 2.42. The summed E-state index contributed by atoms with van der Waals surface area (Å²) in [7, 11) is 0. The van der Waals surface area contributed by atoms with Gasteiger partial charge in [-0.05, 0) is 24.7 Å². The van der Waals surface area contributed by atoms with Crippen molar-refractivity contribution in [3.8, 4) is 0 Å². The van der Waals surface area contributed by atoms with E-state index in [4.69, 9.17) is 5.11 Å². The molecule has 11 heavy (non-hydrogen) atoms. The molecule has 0 radical (unpaired) electrons. The zero-order valence-corrected chi connectivity index (χ0v) is 7.56. The molecule has 0 unspecified atom stereocenters. The molecule has 1 heteroatoms. The van der Waals surface area contributed by atoms with Crippen LogP contribution in [0, 0.1) is 11.3 Å². The molecule has 1 atom stereocenters. The Hall–Kier alpha value is -0.300. The van der Waals surface area contributed by atoms with Crippen molar-refractivity contribution in [2.75, 3.05) is 6.61 Å². The molecule has 0 amide bonds. The molecule has 0 aromatic heterocycles. The zero-order valence-electron chi connectivity index (χ0n) is 7.56. The van der Waals surface area contributed by atoms with Gasteiger partial charge in [-0.2, -0.15) is 0 Å². The van der Waals surface area contributed by atoms with Crippen LogP contribution in [-0.2, 0) is 0 Å². The van der Waals surface area contributed by atoms with Crippen molar-refractivity contribution >= 4 is 0 Å². The van der Waals surface area contributed by atoms with Gasteiger partial charge in [-0.3, -0.25) is 0 Å². The summed E-state index contributed by atoms with van der Waals surface area (Å²) in [4.78, 5) is 0. The first-order chi connectivity index (χ1) is 5.08. The quantitative estimate of drug-likeness (QED) is 0.575. The van der Waals surface area contributed by atoms with E-state index >= 15 is 0 Å². The third-order valence-electron chi connectivity index (χ3n) is 2.94. The summed E-state index contributed by atoms with van der Waals surface area (Å²) in [5.74, 6) is 0.330. The molecule has 0 spiro atoms. The summed E-state index contributed by atoms with van der Waals surface area (Å²) in [5.41, 5.74) is 1.51. The molecule has 1 aliphatic carbocycles. The van der Waals surface area contributed by atoms with Crippen LogP contribution in [0.25, 0.3) is 0 Å². The molecule has 0 bridgehead atoms. The Labute approximate surface area is 69.1 Å². The van der Waals surface area contributed by atoms with Crippen LogP contribution in [0.15, 0.2) is 12.2 Å². The van der Waals surface area contributed by atoms with Gasteiger partial charge in [0.1, 0.15) is 0 Å². The second kappa shape index (κ2) is 2.98. The summed E-state index contributed by atoms with van der Waals surface area (Å²) in [6.07, 6.45) is 3.56. The van der Waals surface area contributed by atoms with Crippen molar-refractivity contribution in [1.29, 1.82) is 0 Å². The third kappa shape index (κ3) is 1.64. The fourth-order valence-corrected chi connectivity index (χ4v) is 2.05. The van der Waals surface area contributed by atoms with Gasteiger partial charge in [-0.15, -0.1) is 0 Å². The van der Waals surface area contributed by atoms with Crippen LogP contribution >= 0.6 is 0 Å². The lowest BCUT2D eigenvalue weighted by molar-refractivity contribution is 0.114. The lowest BCUT2D eigenvalue weighted by Crippen LogP contribution is -2.31. The van der Waals surface area contributed by atoms with Gasteiger partial charge in [-0.25, -0.2) is 0 Å². The van der Waals surface area contributed by atoms with Crippen LogP contribution in [0.5, 0.6) is 0 Å². The number of aliphatic hydroxyl groups is 1. The largest absolute Gasteiger partial charge is 0.396 e. The Morgan fingerprint density at radius 1 is 1.64 bits per heavy atom. The molecule has 1 nitrogen and oxygen atoms in total. The molecule has 1 N–H and O–H groups in total. The summed E-state index contributed by atoms with van der Waals surface area (Å²) in [6, 6.07) is 0. The lowest BCUT2D eigenvalue weighted by Gasteiger charge is -2.39. The van der Waals surface area contributed by atoms with Crippen molar-refractivity contribution < 1.29 is 5.11 Å². The second-order valence-corrected chi connectivity index (χ2v) is 4.24. The molecule has 0 saturated heterocycles. The maximum absolute atomic E-state index is 9.14. The predicted molar refractivity (Wildman–Crippen MR) is 47.3 cm³/mol. The molecule has 0 aromatic carbocycles. The zero-order chi connectivity index (χ0) is 8.48. The average Bonchev–Trinajstić information content (AvgIpc) is 1.86. The fourth-order valence-electron chi connectivity index (χ4n) is 2.05. The molecule has 1 aliphatic rings. The molecule has 64 valence electrons. The van der Waals surface area contributed by atoms with E-state index in [1.165, 1.54) is 18.4 Å². The van der Waals surface area contributed by atoms with Gasteiger partial charge in [0.25, 0.3) is 0 Å². The average molecular weight is 154 g/mol. The first-order valence-electron chi connectivity index (χ1n) is 4.36. The van der Waals surface area contributed by atoms with Crippen molar-refractivity contribution in [2.45, 2.75) is 33.1 Å². The van der Waals surface area contributed by atoms with Crippen LogP contribution in [0.2, 0.25) is 0 Å². The van der Waals surface area contributed by atoms with E-state index < -0.39 is 0 Å². The highest BCUT2D eigenvalue weighted by molar-refractivity contribution is 5.09. The minimum Gasteiger partial charge on any atom is -0.396 e. The molecular weight excluding hydrogens is 136 g/mol. The van der Waals surface area contributed by atoms with Crippen LogP contribution in [0.1, 0.15) is 33.1 Å². The molecule has 0 heterocycles. The normalized spacial score (nSPS) is 30.5. The van der Waals surface area contributed by atoms with Gasteiger partial charge >= 0.3 is 0 Å². The standard InChI is InChI=1S/C10H18O/c1-8-5-4-6-10(2,3)9(8)7-11/h9,11H,1,4-7H2,2-3H3/t9-/m0/s1. The summed E-state index contributed by atoms with van der Waals surface area (Å²) in [5, 5.41) is 9.14. The Kier molecular flexibility index (Phi) is 2.38. The maximum Gasteiger partial charge on any atom is 0.0501 e. The van der Waals surface area contributed by atoms with E-state index in [1.807, 2.05) is 0 Å². The first-order valence-corrected chi connectivity index (χ1v) is 4.36. The van der Waals surface area contributed by atoms with Gasteiger partial charge in [0.15, 0.2) is 0 Å². The van der Waals surface area contributed by atoms with Gasteiger partial charge in [-0.1, -0.05) is 26.0 Å². The number of aliphatic hydroxyl groups excluding tert-OH is 1. The molecule has 1 saturated carbocycles. The lowest BCUT2D eigenvalue weighted by atomic mass is 9.67. The molecular formula is C10H18O. The topological polar surface area (TPSA) is 20.2 Å². The minimum atomic E-state index is 0.268. The molecule has 0 aliphatic heterocycles. The van der Waals surface area contributed by atoms with Crippen LogP contribution < -0.4 is 0 Å². The molecule has 1 rings (SSSR count). The van der Waals surface area contributed by atoms with Crippen LogP contribution in [-0.4, -0.2) is 11.7 Å². The minimum absolute atomic E-state index is 0.268. The SMILES string of the molecule is C=C1CCCC(C)(C)[C@H]1CO. The van der Waals surface area contributed by atoms with Gasteiger partial charge < -0.3 is 5.11 Å². The van der Waals surface area contributed by atoms with E-state index in [9.17, 15) is 0 Å². The number of rotatable bonds is 1. The van der Waals surface area contributed by atoms with Crippen molar-refractivity contribution in [3.05, 3.63) is 12.2 Å². The Bertz CT molecular complexity index is 158. The smallest absolute Gasteiger partial charge is 0.0501 e. The predicted octanol–water partition coefficient (Wildman–Crippen LogP) is 2.36. The third-order valence-corrected chi connectivity index (χ3v) is 2.94. The van der Waals surface area contributed by atoms with E-state index in [-0.39, 0.29) is 12.0 Å². The monoisotopic (exact) mass is 154 g/mol. The second-order valence-electron chi connectivity index (χ2n) is 4.24. The highest BCUT2D eigenvalue weighted by Gasteiger charge is 2.33. The Morgan fingerprint density at radius 2 is 2.27 bits per heavy atom. The van der Waals surface area contributed by atoms with Crippen LogP contribution in [0.3, 0.4) is 0 Å². The van der Waals surface area contributed by atoms with Gasteiger partial charge in [0.05, 0.1) is 6.61 Å². The van der Waals surface area contributed by atoms with Crippen molar-refractivity contribution in [3.63, 3.8) is 0 Å². The van der Waals surface area contributed by atoms with E-state index in [1.54, 1.807) is 0 Å². The van der Waals surface area contributed by atoms with Gasteiger partial charge in [0, 0.05) is 5.92 Å². The summed E-state index contributed by atoms with van der Waals surface area (Å²) < 4.78 is 0. The Morgan fingerprint density at radius 3 is 2.64 bits per heavy atom. The number of hydrogen-bond donors (Lipinski definition) is 1. The maximum atomic E-state index is 9.14. The highest BCUT2D eigenvalue weighted by atomic mass is 16.3. The first kappa shape index (κ1) is 8.79. The van der Waals surface area contributed by atoms with E-state index in [0.717, 1.165) is 6.42 Å². The van der Waals surface area contributed by atoms with Gasteiger partial charge in [0.2, 0.25) is 0 Å². The van der Waals surface area contributed by atoms with Crippen LogP contribution in [0.4, 0.5) is 0 Å². The van der Waals surface area contributed by atoms with Crippen molar-refractivity contribution in [2.24, 2.45) is 11.3 Å². The Balaban J connectivity index is 2.72. The fraction of sp³-hybridized carbons (Fsp3) is 0.800. The summed E-state index contributed by atoms with van der Waals surface area (Å²) >= 11 is 0.